The van der Waals surface area contributed by atoms with Gasteiger partial charge in [0.05, 0.1) is 10.2 Å². The summed E-state index contributed by atoms with van der Waals surface area (Å²) in [5.41, 5.74) is 1.07. The van der Waals surface area contributed by atoms with Gasteiger partial charge in [0.15, 0.2) is 5.65 Å². The van der Waals surface area contributed by atoms with Crippen molar-refractivity contribution >= 4 is 31.7 Å². The van der Waals surface area contributed by atoms with Gasteiger partial charge in [-0.15, -0.1) is 0 Å². The van der Waals surface area contributed by atoms with E-state index in [-0.39, 0.29) is 11.3 Å². The van der Waals surface area contributed by atoms with Crippen molar-refractivity contribution in [2.75, 3.05) is 0 Å². The molecule has 0 bridgehead atoms. The van der Waals surface area contributed by atoms with Gasteiger partial charge in [-0.1, -0.05) is 0 Å². The Morgan fingerprint density at radius 1 is 1.40 bits per heavy atom. The molecule has 106 valence electrons. The molecular weight excluding hydrogens is 348 g/mol. The Bertz CT molecular complexity index is 856. The van der Waals surface area contributed by atoms with Gasteiger partial charge in [-0.2, -0.15) is 8.42 Å². The summed E-state index contributed by atoms with van der Waals surface area (Å²) in [5, 5.41) is 0. The van der Waals surface area contributed by atoms with Crippen LogP contribution in [0.2, 0.25) is 0 Å². The minimum Gasteiger partial charge on any atom is -0.285 e. The monoisotopic (exact) mass is 358 g/mol. The summed E-state index contributed by atoms with van der Waals surface area (Å²) >= 11 is 3.36. The van der Waals surface area contributed by atoms with Crippen molar-refractivity contribution in [3.8, 4) is 0 Å². The molecule has 0 radical (unpaired) electrons. The van der Waals surface area contributed by atoms with E-state index >= 15 is 0 Å². The molecule has 2 aromatic heterocycles. The summed E-state index contributed by atoms with van der Waals surface area (Å²) in [6.07, 6.45) is 3.96. The van der Waals surface area contributed by atoms with Gasteiger partial charge >= 0.3 is 0 Å². The van der Waals surface area contributed by atoms with Crippen LogP contribution in [0.3, 0.4) is 0 Å². The fourth-order valence-corrected chi connectivity index (χ4v) is 3.20. The first kappa shape index (κ1) is 13.7. The zero-order valence-electron chi connectivity index (χ0n) is 10.3. The van der Waals surface area contributed by atoms with Gasteiger partial charge in [0.25, 0.3) is 15.7 Å². The lowest BCUT2D eigenvalue weighted by Gasteiger charge is -2.07. The molecule has 0 atom stereocenters. The maximum absolute atomic E-state index is 12.1. The van der Waals surface area contributed by atoms with Crippen LogP contribution in [0.1, 0.15) is 30.0 Å². The van der Waals surface area contributed by atoms with E-state index in [1.54, 1.807) is 6.20 Å². The highest BCUT2D eigenvalue weighted by molar-refractivity contribution is 9.10. The van der Waals surface area contributed by atoms with Crippen LogP contribution in [0.25, 0.3) is 5.65 Å². The summed E-state index contributed by atoms with van der Waals surface area (Å²) < 4.78 is 32.6. The van der Waals surface area contributed by atoms with E-state index in [9.17, 15) is 13.2 Å². The predicted molar refractivity (Wildman–Crippen MR) is 76.4 cm³/mol. The largest absolute Gasteiger partial charge is 0.285 e. The van der Waals surface area contributed by atoms with Gasteiger partial charge in [-0.25, -0.2) is 4.98 Å². The van der Waals surface area contributed by atoms with Crippen molar-refractivity contribution in [1.29, 1.82) is 0 Å². The highest BCUT2D eigenvalue weighted by atomic mass is 79.9. The second-order valence-corrected chi connectivity index (χ2v) is 7.21. The Balaban J connectivity index is 2.19. The van der Waals surface area contributed by atoms with Gasteiger partial charge in [0.2, 0.25) is 0 Å². The molecular formula is C12H11BrN2O4S. The van der Waals surface area contributed by atoms with Gasteiger partial charge in [-0.3, -0.25) is 13.7 Å². The minimum absolute atomic E-state index is 0.0253. The van der Waals surface area contributed by atoms with Gasteiger partial charge in [0, 0.05) is 12.3 Å². The molecule has 1 aliphatic carbocycles. The SMILES string of the molecule is O=c1cc(CS(=O)(=O)O)nc2c(Br)cc(C3CC3)cn12. The number of hydrogen-bond acceptors (Lipinski definition) is 4. The molecule has 2 aromatic rings. The van der Waals surface area contributed by atoms with E-state index in [4.69, 9.17) is 4.55 Å². The molecule has 1 saturated carbocycles. The number of fused-ring (bicyclic) bond motifs is 1. The van der Waals surface area contributed by atoms with E-state index in [2.05, 4.69) is 20.9 Å². The van der Waals surface area contributed by atoms with Gasteiger partial charge in [-0.05, 0) is 46.3 Å². The minimum atomic E-state index is -4.21. The van der Waals surface area contributed by atoms with Crippen LogP contribution >= 0.6 is 15.9 Å². The summed E-state index contributed by atoms with van der Waals surface area (Å²) in [4.78, 5) is 16.2. The summed E-state index contributed by atoms with van der Waals surface area (Å²) in [5.74, 6) is -0.185. The molecule has 20 heavy (non-hydrogen) atoms. The third-order valence-corrected chi connectivity index (χ3v) is 4.41. The summed E-state index contributed by atoms with van der Waals surface area (Å²) in [6.45, 7) is 0. The number of rotatable bonds is 3. The molecule has 6 nitrogen and oxygen atoms in total. The Morgan fingerprint density at radius 3 is 2.70 bits per heavy atom. The van der Waals surface area contributed by atoms with Gasteiger partial charge in [0.1, 0.15) is 5.75 Å². The highest BCUT2D eigenvalue weighted by Crippen LogP contribution is 2.40. The second kappa shape index (κ2) is 4.64. The highest BCUT2D eigenvalue weighted by Gasteiger charge is 2.25. The smallest absolute Gasteiger partial charge is 0.270 e. The van der Waals surface area contributed by atoms with E-state index < -0.39 is 15.9 Å². The fraction of sp³-hybridized carbons (Fsp3) is 0.333. The quantitative estimate of drug-likeness (QED) is 0.843. The topological polar surface area (TPSA) is 88.7 Å². The number of pyridine rings is 1. The standard InChI is InChI=1S/C12H11BrN2O4S/c13-10-3-8(7-1-2-7)5-15-11(16)4-9(14-12(10)15)6-20(17,18)19/h3-5,7H,1-2,6H2,(H,17,18,19). The maximum Gasteiger partial charge on any atom is 0.270 e. The first-order chi connectivity index (χ1) is 9.33. The third-order valence-electron chi connectivity index (χ3n) is 3.17. The van der Waals surface area contributed by atoms with Crippen molar-refractivity contribution in [2.24, 2.45) is 0 Å². The Hall–Kier alpha value is -1.25. The van der Waals surface area contributed by atoms with Crippen molar-refractivity contribution in [3.05, 3.63) is 44.4 Å². The molecule has 8 heteroatoms. The van der Waals surface area contributed by atoms with Crippen LogP contribution in [0.15, 0.2) is 27.6 Å². The molecule has 0 unspecified atom stereocenters. The molecule has 3 rings (SSSR count). The molecule has 2 heterocycles. The maximum atomic E-state index is 12.1. The number of halogens is 1. The van der Waals surface area contributed by atoms with E-state index in [1.807, 2.05) is 6.07 Å². The van der Waals surface area contributed by atoms with E-state index in [0.717, 1.165) is 24.5 Å². The average Bonchev–Trinajstić information content (AvgIpc) is 3.12. The zero-order chi connectivity index (χ0) is 14.5. The lowest BCUT2D eigenvalue weighted by molar-refractivity contribution is 0.481. The average molecular weight is 359 g/mol. The molecule has 0 aliphatic heterocycles. The Labute approximate surface area is 123 Å². The molecule has 1 aliphatic rings. The molecule has 0 spiro atoms. The van der Waals surface area contributed by atoms with Crippen molar-refractivity contribution < 1.29 is 13.0 Å². The number of hydrogen-bond donors (Lipinski definition) is 1. The Morgan fingerprint density at radius 2 is 2.10 bits per heavy atom. The molecule has 0 saturated heterocycles. The number of aromatic nitrogens is 2. The van der Waals surface area contributed by atoms with Crippen molar-refractivity contribution in [2.45, 2.75) is 24.5 Å². The third kappa shape index (κ3) is 2.77. The fourth-order valence-electron chi connectivity index (χ4n) is 2.13. The van der Waals surface area contributed by atoms with Crippen LogP contribution in [0.5, 0.6) is 0 Å². The first-order valence-corrected chi connectivity index (χ1v) is 8.40. The van der Waals surface area contributed by atoms with Gasteiger partial charge < -0.3 is 0 Å². The van der Waals surface area contributed by atoms with Crippen LogP contribution in [0, 0.1) is 0 Å². The second-order valence-electron chi connectivity index (χ2n) is 4.90. The van der Waals surface area contributed by atoms with E-state index in [0.29, 0.717) is 16.0 Å². The molecule has 1 fully saturated rings. The molecule has 1 N–H and O–H groups in total. The lowest BCUT2D eigenvalue weighted by atomic mass is 10.2. The first-order valence-electron chi connectivity index (χ1n) is 6.00. The van der Waals surface area contributed by atoms with Crippen LogP contribution in [0.4, 0.5) is 0 Å². The van der Waals surface area contributed by atoms with Crippen molar-refractivity contribution in [1.82, 2.24) is 9.38 Å². The summed E-state index contributed by atoms with van der Waals surface area (Å²) in [7, 11) is -4.21. The van der Waals surface area contributed by atoms with Crippen molar-refractivity contribution in [3.63, 3.8) is 0 Å². The molecule has 0 amide bonds. The van der Waals surface area contributed by atoms with Crippen LogP contribution in [-0.2, 0) is 15.9 Å². The normalized spacial score (nSPS) is 15.7. The van der Waals surface area contributed by atoms with Crippen LogP contribution < -0.4 is 5.56 Å². The number of nitrogens with zero attached hydrogens (tertiary/aromatic N) is 2. The van der Waals surface area contributed by atoms with E-state index in [1.165, 1.54) is 4.40 Å². The van der Waals surface area contributed by atoms with Crippen LogP contribution in [-0.4, -0.2) is 22.4 Å². The zero-order valence-corrected chi connectivity index (χ0v) is 12.7. The molecule has 0 aromatic carbocycles. The Kier molecular flexibility index (Phi) is 3.19. The predicted octanol–water partition coefficient (Wildman–Crippen LogP) is 1.72. The lowest BCUT2D eigenvalue weighted by Crippen LogP contribution is -2.18. The summed E-state index contributed by atoms with van der Waals surface area (Å²) in [6, 6.07) is 3.03.